The second-order valence-corrected chi connectivity index (χ2v) is 11.8. The SMILES string of the molecule is CC[N+](CC)(CCCCN(Cc1cc(C)cc(C)c1)Cc1cc(C)cc(C)c1)Cc1cc(C)cc(C)c1. The van der Waals surface area contributed by atoms with Crippen molar-refractivity contribution in [3.05, 3.63) is 105 Å². The summed E-state index contributed by atoms with van der Waals surface area (Å²) in [6.07, 6.45) is 2.51. The summed E-state index contributed by atoms with van der Waals surface area (Å²) in [4.78, 5) is 2.67. The van der Waals surface area contributed by atoms with Gasteiger partial charge in [0.25, 0.3) is 0 Å². The van der Waals surface area contributed by atoms with E-state index in [1.807, 2.05) is 0 Å². The molecule has 0 atom stereocenters. The molecule has 3 rings (SSSR count). The first-order chi connectivity index (χ1) is 17.6. The minimum Gasteiger partial charge on any atom is -0.320 e. The number of nitrogens with zero attached hydrogens (tertiary/aromatic N) is 2. The molecule has 0 heterocycles. The zero-order valence-electron chi connectivity index (χ0n) is 25.0. The highest BCUT2D eigenvalue weighted by atomic mass is 15.3. The summed E-state index contributed by atoms with van der Waals surface area (Å²) in [5, 5.41) is 0. The van der Waals surface area contributed by atoms with E-state index in [1.165, 1.54) is 87.0 Å². The van der Waals surface area contributed by atoms with Gasteiger partial charge in [0, 0.05) is 18.7 Å². The molecule has 0 aliphatic carbocycles. The molecule has 2 heteroatoms. The topological polar surface area (TPSA) is 3.24 Å². The Labute approximate surface area is 227 Å². The summed E-state index contributed by atoms with van der Waals surface area (Å²) in [5.74, 6) is 0. The first kappa shape index (κ1) is 29.1. The van der Waals surface area contributed by atoms with Gasteiger partial charge >= 0.3 is 0 Å². The normalized spacial score (nSPS) is 11.9. The first-order valence-corrected chi connectivity index (χ1v) is 14.4. The lowest BCUT2D eigenvalue weighted by atomic mass is 10.0. The maximum Gasteiger partial charge on any atom is 0.104 e. The molecule has 0 aromatic heterocycles. The summed E-state index contributed by atoms with van der Waals surface area (Å²) in [5.41, 5.74) is 12.6. The van der Waals surface area contributed by atoms with Crippen molar-refractivity contribution < 1.29 is 4.48 Å². The highest BCUT2D eigenvalue weighted by Crippen LogP contribution is 2.20. The maximum absolute atomic E-state index is 2.67. The molecule has 3 aromatic carbocycles. The average Bonchev–Trinajstić information content (AvgIpc) is 2.79. The Kier molecular flexibility index (Phi) is 10.6. The predicted octanol–water partition coefficient (Wildman–Crippen LogP) is 8.38. The Morgan fingerprint density at radius 2 is 0.892 bits per heavy atom. The molecule has 0 aliphatic rings. The van der Waals surface area contributed by atoms with Gasteiger partial charge in [-0.1, -0.05) is 88.0 Å². The second kappa shape index (κ2) is 13.4. The monoisotopic (exact) mass is 499 g/mol. The standard InChI is InChI=1S/C35H51N2/c1-9-37(10-2,26-35-22-31(7)17-32(8)23-35)14-12-11-13-36(24-33-18-27(3)15-28(4)19-33)25-34-20-29(5)16-30(6)21-34/h15-23H,9-14,24-26H2,1-8H3/q+1. The molecule has 37 heavy (non-hydrogen) atoms. The van der Waals surface area contributed by atoms with Crippen LogP contribution >= 0.6 is 0 Å². The molecule has 0 bridgehead atoms. The zero-order valence-corrected chi connectivity index (χ0v) is 25.0. The fraction of sp³-hybridized carbons (Fsp3) is 0.486. The molecule has 0 spiro atoms. The molecular formula is C35H51N2+. The van der Waals surface area contributed by atoms with Crippen molar-refractivity contribution in [1.29, 1.82) is 0 Å². The highest BCUT2D eigenvalue weighted by Gasteiger charge is 2.23. The van der Waals surface area contributed by atoms with E-state index in [4.69, 9.17) is 0 Å². The van der Waals surface area contributed by atoms with E-state index >= 15 is 0 Å². The summed E-state index contributed by atoms with van der Waals surface area (Å²) in [6.45, 7) is 26.0. The highest BCUT2D eigenvalue weighted by molar-refractivity contribution is 5.30. The van der Waals surface area contributed by atoms with Gasteiger partial charge in [-0.25, -0.2) is 0 Å². The van der Waals surface area contributed by atoms with Crippen LogP contribution in [0.25, 0.3) is 0 Å². The third kappa shape index (κ3) is 9.13. The fourth-order valence-corrected chi connectivity index (χ4v) is 6.22. The van der Waals surface area contributed by atoms with Crippen LogP contribution in [-0.4, -0.2) is 35.6 Å². The van der Waals surface area contributed by atoms with Crippen molar-refractivity contribution in [3.8, 4) is 0 Å². The molecule has 0 amide bonds. The minimum absolute atomic E-state index is 1.01. The minimum atomic E-state index is 1.01. The van der Waals surface area contributed by atoms with E-state index in [0.717, 1.165) is 26.2 Å². The Balaban J connectivity index is 1.68. The third-order valence-electron chi connectivity index (χ3n) is 7.87. The molecule has 200 valence electrons. The van der Waals surface area contributed by atoms with Gasteiger partial charge in [0.05, 0.1) is 19.6 Å². The summed E-state index contributed by atoms with van der Waals surface area (Å²) in [6, 6.07) is 21.1. The number of unbranched alkanes of at least 4 members (excludes halogenated alkanes) is 1. The van der Waals surface area contributed by atoms with Crippen LogP contribution in [0.3, 0.4) is 0 Å². The number of benzene rings is 3. The second-order valence-electron chi connectivity index (χ2n) is 11.8. The Morgan fingerprint density at radius 3 is 1.27 bits per heavy atom. The number of aryl methyl sites for hydroxylation is 6. The van der Waals surface area contributed by atoms with Crippen molar-refractivity contribution in [2.75, 3.05) is 26.2 Å². The third-order valence-corrected chi connectivity index (χ3v) is 7.87. The maximum atomic E-state index is 2.67. The van der Waals surface area contributed by atoms with Gasteiger partial charge in [0.2, 0.25) is 0 Å². The van der Waals surface area contributed by atoms with Crippen molar-refractivity contribution in [1.82, 2.24) is 4.90 Å². The lowest BCUT2D eigenvalue weighted by Crippen LogP contribution is -2.47. The number of rotatable bonds is 13. The summed E-state index contributed by atoms with van der Waals surface area (Å²) >= 11 is 0. The number of hydrogen-bond donors (Lipinski definition) is 0. The predicted molar refractivity (Wildman–Crippen MR) is 161 cm³/mol. The van der Waals surface area contributed by atoms with Crippen molar-refractivity contribution in [3.63, 3.8) is 0 Å². The fourth-order valence-electron chi connectivity index (χ4n) is 6.22. The van der Waals surface area contributed by atoms with Crippen LogP contribution in [0.2, 0.25) is 0 Å². The van der Waals surface area contributed by atoms with Gasteiger partial charge in [0.15, 0.2) is 0 Å². The van der Waals surface area contributed by atoms with Crippen molar-refractivity contribution in [2.45, 2.75) is 87.9 Å². The van der Waals surface area contributed by atoms with Crippen LogP contribution in [0, 0.1) is 41.5 Å². The summed E-state index contributed by atoms with van der Waals surface area (Å²) < 4.78 is 1.18. The zero-order chi connectivity index (χ0) is 27.0. The molecule has 2 nitrogen and oxygen atoms in total. The van der Waals surface area contributed by atoms with Gasteiger partial charge in [-0.2, -0.15) is 0 Å². The summed E-state index contributed by atoms with van der Waals surface area (Å²) in [7, 11) is 0. The molecule has 0 unspecified atom stereocenters. The van der Waals surface area contributed by atoms with Gasteiger partial charge < -0.3 is 4.48 Å². The average molecular weight is 500 g/mol. The Hall–Kier alpha value is -2.42. The first-order valence-electron chi connectivity index (χ1n) is 14.4. The lowest BCUT2D eigenvalue weighted by molar-refractivity contribution is -0.938. The van der Waals surface area contributed by atoms with E-state index < -0.39 is 0 Å². The smallest absolute Gasteiger partial charge is 0.104 e. The van der Waals surface area contributed by atoms with Crippen LogP contribution in [0.1, 0.15) is 76.8 Å². The van der Waals surface area contributed by atoms with E-state index in [1.54, 1.807) is 0 Å². The lowest BCUT2D eigenvalue weighted by Gasteiger charge is -2.37. The quantitative estimate of drug-likeness (QED) is 0.169. The van der Waals surface area contributed by atoms with E-state index in [0.29, 0.717) is 0 Å². The van der Waals surface area contributed by atoms with Crippen LogP contribution < -0.4 is 0 Å². The molecule has 0 saturated carbocycles. The van der Waals surface area contributed by atoms with Crippen LogP contribution in [0.5, 0.6) is 0 Å². The molecule has 0 radical (unpaired) electrons. The van der Waals surface area contributed by atoms with E-state index in [-0.39, 0.29) is 0 Å². The molecular weight excluding hydrogens is 448 g/mol. The molecule has 0 saturated heterocycles. The van der Waals surface area contributed by atoms with Gasteiger partial charge in [-0.3, -0.25) is 4.90 Å². The van der Waals surface area contributed by atoms with E-state index in [2.05, 4.69) is 115 Å². The Bertz CT molecular complexity index is 1040. The van der Waals surface area contributed by atoms with Gasteiger partial charge in [-0.15, -0.1) is 0 Å². The number of quaternary nitrogens is 1. The van der Waals surface area contributed by atoms with E-state index in [9.17, 15) is 0 Å². The number of hydrogen-bond acceptors (Lipinski definition) is 1. The molecule has 3 aromatic rings. The molecule has 0 fully saturated rings. The largest absolute Gasteiger partial charge is 0.320 e. The van der Waals surface area contributed by atoms with Crippen LogP contribution in [-0.2, 0) is 19.6 Å². The van der Waals surface area contributed by atoms with Crippen molar-refractivity contribution in [2.24, 2.45) is 0 Å². The molecule has 0 aliphatic heterocycles. The van der Waals surface area contributed by atoms with Crippen molar-refractivity contribution >= 4 is 0 Å². The van der Waals surface area contributed by atoms with Gasteiger partial charge in [0.1, 0.15) is 6.54 Å². The van der Waals surface area contributed by atoms with Gasteiger partial charge in [-0.05, 0) is 85.9 Å². The van der Waals surface area contributed by atoms with Crippen LogP contribution in [0.4, 0.5) is 0 Å². The molecule has 0 N–H and O–H groups in total. The van der Waals surface area contributed by atoms with Crippen LogP contribution in [0.15, 0.2) is 54.6 Å². The Morgan fingerprint density at radius 1 is 0.514 bits per heavy atom.